The Bertz CT molecular complexity index is 6590. The zero-order valence-electron chi connectivity index (χ0n) is 63.5. The highest BCUT2D eigenvalue weighted by molar-refractivity contribution is 6.12. The van der Waals surface area contributed by atoms with Crippen molar-refractivity contribution in [2.45, 2.75) is 132 Å². The van der Waals surface area contributed by atoms with Crippen LogP contribution >= 0.6 is 0 Å². The molecule has 548 valence electrons. The molecule has 10 unspecified atom stereocenters. The summed E-state index contributed by atoms with van der Waals surface area (Å²) in [7, 11) is 0. The number of benzene rings is 11. The number of aromatic nitrogens is 7. The van der Waals surface area contributed by atoms with Crippen LogP contribution in [0.3, 0.4) is 0 Å². The molecule has 10 bridgehead atoms. The number of rotatable bonds is 12. The standard InChI is InChI=1S/C103H91N9/c1-7-23-76(24-8-1)105(77-25-9-2-10-26-77)83-49-92-96-93(50-83)108(82-35-21-22-70(47-82)99-54-68-43-72-45-74(61-99)102(72,59-68)63-99)87-48-71(100-55-69-44-73-46-75(62-100)103(73,60-69)64-100)38-39-86(87)110(96)89-51-90-91(52-88(89)107(92)80-31-15-5-16-32-80)112(101-56-65-40-66(57-101)42-67(41-65)58-101)94-53-95(106(78-27-11-3-12-28-78)79-29-13-4-14-30-79)104-98-97(94)111(90)85-37-20-19-36-84(85)109(98)81-33-17-6-18-34-81/h1-39,47-53,65-69,72-75H,40-46,54-64H2. The summed E-state index contributed by atoms with van der Waals surface area (Å²) in [5.74, 6) is 8.09. The first-order valence-electron chi connectivity index (χ1n) is 42.7. The Morgan fingerprint density at radius 1 is 0.277 bits per heavy atom. The van der Waals surface area contributed by atoms with Crippen molar-refractivity contribution in [2.75, 3.05) is 9.80 Å². The van der Waals surface area contributed by atoms with Gasteiger partial charge < -0.3 is 27.4 Å². The van der Waals surface area contributed by atoms with Crippen LogP contribution in [-0.4, -0.2) is 32.1 Å². The van der Waals surface area contributed by atoms with Crippen LogP contribution in [0.25, 0.3) is 94.4 Å². The maximum Gasteiger partial charge on any atom is 0.166 e. The maximum absolute atomic E-state index is 6.22. The fourth-order valence-electron chi connectivity index (χ4n) is 29.4. The number of hydrogen-bond acceptors (Lipinski definition) is 3. The van der Waals surface area contributed by atoms with E-state index in [0.717, 1.165) is 128 Å². The van der Waals surface area contributed by atoms with Crippen molar-refractivity contribution < 1.29 is 0 Å². The highest BCUT2D eigenvalue weighted by Crippen LogP contribution is 2.80. The van der Waals surface area contributed by atoms with Gasteiger partial charge in [0, 0.05) is 51.4 Å². The lowest BCUT2D eigenvalue weighted by atomic mass is 9.52. The van der Waals surface area contributed by atoms with Crippen molar-refractivity contribution >= 4 is 112 Å². The van der Waals surface area contributed by atoms with Crippen LogP contribution in [0.4, 0.5) is 34.3 Å². The molecule has 0 amide bonds. The van der Waals surface area contributed by atoms with Gasteiger partial charge in [0.1, 0.15) is 11.3 Å². The van der Waals surface area contributed by atoms with Crippen molar-refractivity contribution in [3.05, 3.63) is 290 Å². The normalized spacial score (nSPS) is 29.8. The summed E-state index contributed by atoms with van der Waals surface area (Å²) in [5.41, 5.74) is 29.9. The van der Waals surface area contributed by atoms with E-state index in [4.69, 9.17) is 4.98 Å². The summed E-state index contributed by atoms with van der Waals surface area (Å²) >= 11 is 0. The molecule has 16 aromatic rings. The summed E-state index contributed by atoms with van der Waals surface area (Å²) in [6, 6.07) is 108. The minimum absolute atomic E-state index is 0.155. The second-order valence-corrected chi connectivity index (χ2v) is 38.0. The van der Waals surface area contributed by atoms with Crippen molar-refractivity contribution in [1.29, 1.82) is 0 Å². The molecule has 12 fully saturated rings. The second kappa shape index (κ2) is 22.2. The number of anilines is 6. The van der Waals surface area contributed by atoms with Crippen molar-refractivity contribution in [1.82, 2.24) is 32.1 Å². The lowest BCUT2D eigenvalue weighted by Gasteiger charge is -2.58. The van der Waals surface area contributed by atoms with Gasteiger partial charge in [-0.25, -0.2) is 4.98 Å². The second-order valence-electron chi connectivity index (χ2n) is 38.0. The molecule has 12 saturated carbocycles. The molecule has 9 heteroatoms. The summed E-state index contributed by atoms with van der Waals surface area (Å²) in [5, 5.41) is 0. The molecule has 28 rings (SSSR count). The lowest BCUT2D eigenvalue weighted by molar-refractivity contribution is -0.0389. The SMILES string of the molecule is c1ccc(N(c2ccccc2)c2cc3c4c(c2)n(-c2ccccc2)c2cc5c(cc2n4c2ccc(C46CC7CC8CC(C4)C8(C7)C6)cc2n3-c2cccc(C34CC6CC7CC(C3)C7(C6)C4)c2)n2c3ccccc3n(-c3ccccc3)c3nc(N(c4ccccc4)c4ccccc4)cc(c32)n5C23CC4CC(CC(C4)C2)C3)cc1. The molecule has 5 heterocycles. The molecule has 12 aliphatic rings. The van der Waals surface area contributed by atoms with E-state index in [2.05, 4.69) is 316 Å². The van der Waals surface area contributed by atoms with E-state index in [1.165, 1.54) is 152 Å². The molecule has 5 aromatic heterocycles. The fourth-order valence-corrected chi connectivity index (χ4v) is 29.4. The van der Waals surface area contributed by atoms with E-state index in [1.807, 2.05) is 0 Å². The average Bonchev–Trinajstić information content (AvgIpc) is 1.26. The first kappa shape index (κ1) is 62.6. The lowest BCUT2D eigenvalue weighted by Crippen LogP contribution is -2.52. The van der Waals surface area contributed by atoms with E-state index >= 15 is 0 Å². The Morgan fingerprint density at radius 3 is 1.32 bits per heavy atom. The van der Waals surface area contributed by atoms with Crippen LogP contribution in [0.2, 0.25) is 0 Å². The molecule has 2 spiro atoms. The first-order chi connectivity index (χ1) is 55.2. The van der Waals surface area contributed by atoms with Crippen molar-refractivity contribution in [3.8, 4) is 17.1 Å². The molecule has 0 radical (unpaired) electrons. The molecule has 0 aliphatic heterocycles. The van der Waals surface area contributed by atoms with Gasteiger partial charge in [-0.1, -0.05) is 140 Å². The zero-order valence-corrected chi connectivity index (χ0v) is 63.5. The minimum atomic E-state index is -0.178. The van der Waals surface area contributed by atoms with Crippen LogP contribution in [-0.2, 0) is 16.4 Å². The van der Waals surface area contributed by atoms with Gasteiger partial charge in [0.15, 0.2) is 5.65 Å². The Kier molecular flexibility index (Phi) is 12.4. The maximum atomic E-state index is 6.22. The molecule has 9 nitrogen and oxygen atoms in total. The zero-order chi connectivity index (χ0) is 72.7. The third-order valence-corrected chi connectivity index (χ3v) is 32.5. The number of fused-ring (bicyclic) bond motifs is 12. The van der Waals surface area contributed by atoms with E-state index in [9.17, 15) is 0 Å². The van der Waals surface area contributed by atoms with Crippen molar-refractivity contribution in [3.63, 3.8) is 0 Å². The van der Waals surface area contributed by atoms with Gasteiger partial charge in [-0.15, -0.1) is 0 Å². The van der Waals surface area contributed by atoms with Gasteiger partial charge in [-0.3, -0.25) is 9.47 Å². The molecular formula is C103H91N9. The molecule has 11 aromatic carbocycles. The summed E-state index contributed by atoms with van der Waals surface area (Å²) in [6.07, 6.45) is 24.2. The number of hydrogen-bond donors (Lipinski definition) is 0. The third kappa shape index (κ3) is 8.32. The van der Waals surface area contributed by atoms with E-state index < -0.39 is 0 Å². The van der Waals surface area contributed by atoms with E-state index in [1.54, 1.807) is 11.1 Å². The third-order valence-electron chi connectivity index (χ3n) is 32.5. The topological polar surface area (TPSA) is 47.9 Å². The van der Waals surface area contributed by atoms with Crippen LogP contribution in [0.1, 0.15) is 127 Å². The number of para-hydroxylation sites is 8. The molecule has 12 aliphatic carbocycles. The minimum Gasteiger partial charge on any atom is -0.332 e. The monoisotopic (exact) mass is 1450 g/mol. The smallest absolute Gasteiger partial charge is 0.166 e. The predicted molar refractivity (Wildman–Crippen MR) is 455 cm³/mol. The highest BCUT2D eigenvalue weighted by Gasteiger charge is 2.72. The van der Waals surface area contributed by atoms with Gasteiger partial charge in [-0.05, 0) is 335 Å². The first-order valence-corrected chi connectivity index (χ1v) is 42.7. The largest absolute Gasteiger partial charge is 0.332 e. The average molecular weight is 1450 g/mol. The molecule has 112 heavy (non-hydrogen) atoms. The Labute approximate surface area is 652 Å². The molecule has 10 atom stereocenters. The summed E-state index contributed by atoms with van der Waals surface area (Å²) in [6.45, 7) is 0. The van der Waals surface area contributed by atoms with Gasteiger partial charge in [-0.2, -0.15) is 0 Å². The van der Waals surface area contributed by atoms with Crippen LogP contribution in [0.5, 0.6) is 0 Å². The van der Waals surface area contributed by atoms with E-state index in [0.29, 0.717) is 28.6 Å². The molecule has 0 saturated heterocycles. The van der Waals surface area contributed by atoms with Gasteiger partial charge >= 0.3 is 0 Å². The Balaban J connectivity index is 0.845. The van der Waals surface area contributed by atoms with Crippen LogP contribution in [0, 0.1) is 64.1 Å². The quantitative estimate of drug-likeness (QED) is 0.0905. The van der Waals surface area contributed by atoms with Crippen LogP contribution < -0.4 is 9.80 Å². The number of nitrogens with zero attached hydrogens (tertiary/aromatic N) is 9. The van der Waals surface area contributed by atoms with Crippen molar-refractivity contribution in [2.24, 2.45) is 64.1 Å². The molecule has 0 N–H and O–H groups in total. The number of pyridine rings is 1. The van der Waals surface area contributed by atoms with Gasteiger partial charge in [0.2, 0.25) is 0 Å². The predicted octanol–water partition coefficient (Wildman–Crippen LogP) is 25.6. The van der Waals surface area contributed by atoms with Gasteiger partial charge in [0.05, 0.1) is 71.9 Å². The fraction of sp³-hybridized carbons (Fsp3) is 0.311. The van der Waals surface area contributed by atoms with Crippen LogP contribution in [0.15, 0.2) is 279 Å². The Morgan fingerprint density at radius 2 is 0.741 bits per heavy atom. The molecular weight excluding hydrogens is 1360 g/mol. The Hall–Kier alpha value is -11.0. The summed E-state index contributed by atoms with van der Waals surface area (Å²) < 4.78 is 16.5. The van der Waals surface area contributed by atoms with Gasteiger partial charge in [0.25, 0.3) is 0 Å². The summed E-state index contributed by atoms with van der Waals surface area (Å²) in [4.78, 5) is 11.2. The van der Waals surface area contributed by atoms with E-state index in [-0.39, 0.29) is 16.4 Å². The highest BCUT2D eigenvalue weighted by atomic mass is 15.2.